The maximum Gasteiger partial charge on any atom is 0.187 e. The van der Waals surface area contributed by atoms with Crippen molar-refractivity contribution < 1.29 is 101 Å². The van der Waals surface area contributed by atoms with Crippen molar-refractivity contribution in [3.05, 3.63) is 6.61 Å². The molecule has 3 aliphatic heterocycles. The summed E-state index contributed by atoms with van der Waals surface area (Å²) in [6.07, 6.45) is -19.0. The predicted octanol–water partition coefficient (Wildman–Crippen LogP) is -6.09. The van der Waals surface area contributed by atoms with E-state index in [4.69, 9.17) is 23.7 Å². The van der Waals surface area contributed by atoms with Crippen LogP contribution in [0.4, 0.5) is 0 Å². The minimum Gasteiger partial charge on any atom is -0.544 e. The Morgan fingerprint density at radius 3 is 1.81 bits per heavy atom. The van der Waals surface area contributed by atoms with E-state index in [1.165, 1.54) is 0 Å². The van der Waals surface area contributed by atoms with E-state index in [1.807, 2.05) is 0 Å². The molecule has 3 heterocycles. The van der Waals surface area contributed by atoms with Gasteiger partial charge in [0.15, 0.2) is 12.6 Å². The maximum absolute atomic E-state index is 10.5. The standard InChI is InChI=1S/C17H29O14.U/c18-1-6-10(22)11(23)13(25)17(29-6)31-15-7(2-19)30-16(14(26)12(15)24)28-4-8-9(21)5(20)3-27-8;/h3,5-26H,1-2,4H2;/q-1;/t5?,6?,7?,8-,9?,10+,11?,12?,13?,14?,15-,16-,17+;/m1./s1. The van der Waals surface area contributed by atoms with Gasteiger partial charge in [0.2, 0.25) is 0 Å². The molecule has 186 valence electrons. The van der Waals surface area contributed by atoms with Gasteiger partial charge in [0.05, 0.1) is 32.0 Å². The number of ether oxygens (including phenoxy) is 5. The van der Waals surface area contributed by atoms with Crippen LogP contribution < -0.4 is 0 Å². The fourth-order valence-electron chi connectivity index (χ4n) is 3.58. The third-order valence-corrected chi connectivity index (χ3v) is 5.51. The van der Waals surface area contributed by atoms with E-state index in [2.05, 4.69) is 0 Å². The number of hydrogen-bond acceptors (Lipinski definition) is 14. The molecule has 0 aromatic heterocycles. The third kappa shape index (κ3) is 6.00. The molecule has 3 fully saturated rings. The van der Waals surface area contributed by atoms with E-state index in [-0.39, 0.29) is 37.7 Å². The van der Waals surface area contributed by atoms with Crippen LogP contribution in [0.25, 0.3) is 0 Å². The molecule has 3 rings (SSSR count). The molecule has 8 unspecified atom stereocenters. The van der Waals surface area contributed by atoms with Crippen molar-refractivity contribution in [3.63, 3.8) is 0 Å². The molecular formula is C17H29O14U-. The van der Waals surface area contributed by atoms with Crippen LogP contribution in [0.1, 0.15) is 0 Å². The average Bonchev–Trinajstić information content (AvgIpc) is 3.08. The summed E-state index contributed by atoms with van der Waals surface area (Å²) in [7, 11) is 0. The molecular weight excluding hydrogens is 666 g/mol. The smallest absolute Gasteiger partial charge is 0.187 e. The van der Waals surface area contributed by atoms with Crippen LogP contribution in [0.15, 0.2) is 0 Å². The fourth-order valence-corrected chi connectivity index (χ4v) is 3.58. The molecule has 0 radical (unpaired) electrons. The molecule has 0 spiro atoms. The zero-order chi connectivity index (χ0) is 22.9. The molecule has 13 atom stereocenters. The first-order valence-corrected chi connectivity index (χ1v) is 9.74. The zero-order valence-corrected chi connectivity index (χ0v) is 20.9. The Morgan fingerprint density at radius 2 is 1.25 bits per heavy atom. The normalized spacial score (nSPS) is 49.6. The van der Waals surface area contributed by atoms with Crippen molar-refractivity contribution >= 4 is 0 Å². The molecule has 32 heavy (non-hydrogen) atoms. The summed E-state index contributed by atoms with van der Waals surface area (Å²) in [5.74, 6) is 0. The minimum absolute atomic E-state index is 0. The van der Waals surface area contributed by atoms with Crippen LogP contribution in [-0.4, -0.2) is 146 Å². The molecule has 0 amide bonds. The van der Waals surface area contributed by atoms with E-state index >= 15 is 0 Å². The zero-order valence-electron chi connectivity index (χ0n) is 16.8. The second-order valence-corrected chi connectivity index (χ2v) is 7.63. The van der Waals surface area contributed by atoms with Gasteiger partial charge in [-0.25, -0.2) is 0 Å². The Bertz CT molecular complexity index is 569. The quantitative estimate of drug-likeness (QED) is 0.113. The molecule has 3 aliphatic rings. The Morgan fingerprint density at radius 1 is 0.656 bits per heavy atom. The van der Waals surface area contributed by atoms with E-state index < -0.39 is 92.9 Å². The van der Waals surface area contributed by atoms with Crippen molar-refractivity contribution in [3.8, 4) is 0 Å². The van der Waals surface area contributed by atoms with Crippen LogP contribution in [-0.2, 0) is 23.7 Å². The van der Waals surface area contributed by atoms with Crippen LogP contribution in [0.2, 0.25) is 0 Å². The largest absolute Gasteiger partial charge is 0.544 e. The van der Waals surface area contributed by atoms with E-state index in [9.17, 15) is 46.0 Å². The van der Waals surface area contributed by atoms with Crippen molar-refractivity contribution in [1.29, 1.82) is 0 Å². The Kier molecular flexibility index (Phi) is 11.2. The summed E-state index contributed by atoms with van der Waals surface area (Å²) >= 11 is 0. The van der Waals surface area contributed by atoms with Crippen molar-refractivity contribution in [2.24, 2.45) is 0 Å². The van der Waals surface area contributed by atoms with Crippen molar-refractivity contribution in [1.82, 2.24) is 0 Å². The van der Waals surface area contributed by atoms with Crippen molar-refractivity contribution in [2.45, 2.75) is 79.7 Å². The second kappa shape index (κ2) is 12.5. The molecule has 0 bridgehead atoms. The van der Waals surface area contributed by atoms with Gasteiger partial charge in [-0.2, -0.15) is 6.61 Å². The first kappa shape index (κ1) is 28.7. The van der Waals surface area contributed by atoms with Gasteiger partial charge in [-0.3, -0.25) is 0 Å². The molecule has 3 saturated heterocycles. The number of rotatable bonds is 7. The Hall–Kier alpha value is 0.492. The van der Waals surface area contributed by atoms with Crippen LogP contribution in [0.3, 0.4) is 0 Å². The first-order chi connectivity index (χ1) is 14.7. The summed E-state index contributed by atoms with van der Waals surface area (Å²) in [6.45, 7) is -0.704. The SMILES string of the molecule is OCC1O[C@@H](O[C@@H]2C(CO)O[C@@H](OC[C@H]3O[CH-]C(O)C3O)C(O)C2O)C(O)C(O)[C@H]1O.[U]. The molecule has 0 aliphatic carbocycles. The molecule has 15 heteroatoms. The van der Waals surface area contributed by atoms with Gasteiger partial charge in [-0.1, -0.05) is 0 Å². The van der Waals surface area contributed by atoms with Gasteiger partial charge in [0, 0.05) is 31.1 Å². The van der Waals surface area contributed by atoms with Gasteiger partial charge in [0.1, 0.15) is 48.8 Å². The third-order valence-electron chi connectivity index (χ3n) is 5.51. The Labute approximate surface area is 206 Å². The van der Waals surface area contributed by atoms with Gasteiger partial charge in [0.25, 0.3) is 0 Å². The topological polar surface area (TPSA) is 228 Å². The molecule has 14 nitrogen and oxygen atoms in total. The summed E-state index contributed by atoms with van der Waals surface area (Å²) in [5, 5.41) is 88.7. The van der Waals surface area contributed by atoms with E-state index in [0.29, 0.717) is 0 Å². The average molecular weight is 695 g/mol. The second-order valence-electron chi connectivity index (χ2n) is 7.63. The minimum atomic E-state index is -1.76. The Balaban J connectivity index is 0.00000363. The van der Waals surface area contributed by atoms with Crippen LogP contribution >= 0.6 is 0 Å². The number of hydrogen-bond donors (Lipinski definition) is 9. The maximum atomic E-state index is 10.5. The summed E-state index contributed by atoms with van der Waals surface area (Å²) < 4.78 is 26.4. The van der Waals surface area contributed by atoms with Gasteiger partial charge >= 0.3 is 0 Å². The van der Waals surface area contributed by atoms with Gasteiger partial charge in [-0.15, -0.1) is 0 Å². The van der Waals surface area contributed by atoms with E-state index in [1.54, 1.807) is 0 Å². The van der Waals surface area contributed by atoms with Gasteiger partial charge in [-0.05, 0) is 6.10 Å². The molecule has 0 aromatic rings. The van der Waals surface area contributed by atoms with Gasteiger partial charge < -0.3 is 69.6 Å². The molecule has 0 aromatic carbocycles. The van der Waals surface area contributed by atoms with E-state index in [0.717, 1.165) is 6.61 Å². The molecule has 0 saturated carbocycles. The monoisotopic (exact) mass is 695 g/mol. The predicted molar refractivity (Wildman–Crippen MR) is 93.5 cm³/mol. The van der Waals surface area contributed by atoms with Crippen molar-refractivity contribution in [2.75, 3.05) is 19.8 Å². The molecule has 9 N–H and O–H groups in total. The fraction of sp³-hybridized carbons (Fsp3) is 0.941. The summed E-state index contributed by atoms with van der Waals surface area (Å²) in [5.41, 5.74) is 0. The number of aliphatic hydroxyl groups excluding tert-OH is 9. The van der Waals surface area contributed by atoms with Crippen LogP contribution in [0, 0.1) is 37.7 Å². The summed E-state index contributed by atoms with van der Waals surface area (Å²) in [4.78, 5) is 0. The first-order valence-electron chi connectivity index (χ1n) is 9.74. The van der Waals surface area contributed by atoms with Crippen LogP contribution in [0.5, 0.6) is 0 Å². The number of aliphatic hydroxyl groups is 9. The summed E-state index contributed by atoms with van der Waals surface area (Å²) in [6, 6.07) is 0.